The van der Waals surface area contributed by atoms with Gasteiger partial charge in [0.2, 0.25) is 0 Å². The third kappa shape index (κ3) is 7.52. The number of ether oxygens (including phenoxy) is 2. The van der Waals surface area contributed by atoms with Crippen molar-refractivity contribution in [3.05, 3.63) is 87.7 Å². The number of nitrogens with one attached hydrogen (secondary N) is 1. The molecule has 39 heavy (non-hydrogen) atoms. The average molecular weight is 570 g/mol. The number of amides is 1. The Bertz CT molecular complexity index is 1470. The van der Waals surface area contributed by atoms with E-state index in [0.717, 1.165) is 21.1 Å². The third-order valence-electron chi connectivity index (χ3n) is 5.78. The first kappa shape index (κ1) is 28.0. The van der Waals surface area contributed by atoms with E-state index in [1.165, 1.54) is 0 Å². The quantitative estimate of drug-likeness (QED) is 0.261. The molecule has 1 aromatic heterocycles. The van der Waals surface area contributed by atoms with Gasteiger partial charge in [-0.1, -0.05) is 71.7 Å². The standard InChI is InChI=1S/C27H25Cl2N5O5/c1-2-38-26(36)14-23(30-27(37)39-16-18-9-5-8-17-7-3-4-10-19(17)18)24(35)15-34-32-25(31-33-34)13-20-21(28)11-6-12-22(20)29/h3-12,23H,2,13-16H2,1H3,(H,30,37). The van der Waals surface area contributed by atoms with Crippen LogP contribution >= 0.6 is 23.2 Å². The number of esters is 1. The lowest BCUT2D eigenvalue weighted by Gasteiger charge is -2.17. The van der Waals surface area contributed by atoms with Crippen LogP contribution in [0.15, 0.2) is 60.7 Å². The maximum Gasteiger partial charge on any atom is 0.408 e. The van der Waals surface area contributed by atoms with Gasteiger partial charge in [-0.2, -0.15) is 4.80 Å². The van der Waals surface area contributed by atoms with Crippen molar-refractivity contribution in [1.82, 2.24) is 25.5 Å². The van der Waals surface area contributed by atoms with Crippen molar-refractivity contribution in [2.75, 3.05) is 6.61 Å². The monoisotopic (exact) mass is 569 g/mol. The van der Waals surface area contributed by atoms with Gasteiger partial charge in [-0.15, -0.1) is 10.2 Å². The number of carbonyl (C=O) groups is 3. The molecule has 3 aromatic carbocycles. The summed E-state index contributed by atoms with van der Waals surface area (Å²) in [6.07, 6.45) is -1.03. The first-order valence-electron chi connectivity index (χ1n) is 12.1. The molecule has 1 N–H and O–H groups in total. The normalized spacial score (nSPS) is 11.7. The molecule has 0 bridgehead atoms. The van der Waals surface area contributed by atoms with Crippen LogP contribution in [-0.4, -0.2) is 50.7 Å². The molecule has 1 heterocycles. The summed E-state index contributed by atoms with van der Waals surface area (Å²) in [5.74, 6) is -0.891. The number of nitrogens with zero attached hydrogens (tertiary/aromatic N) is 4. The van der Waals surface area contributed by atoms with Gasteiger partial charge in [-0.05, 0) is 46.2 Å². The summed E-state index contributed by atoms with van der Waals surface area (Å²) in [5.41, 5.74) is 1.43. The number of fused-ring (bicyclic) bond motifs is 1. The lowest BCUT2D eigenvalue weighted by Crippen LogP contribution is -2.44. The van der Waals surface area contributed by atoms with E-state index in [2.05, 4.69) is 20.7 Å². The number of hydrogen-bond donors (Lipinski definition) is 1. The summed E-state index contributed by atoms with van der Waals surface area (Å²) in [7, 11) is 0. The lowest BCUT2D eigenvalue weighted by molar-refractivity contribution is -0.145. The molecule has 1 atom stereocenters. The van der Waals surface area contributed by atoms with Gasteiger partial charge >= 0.3 is 12.1 Å². The molecule has 4 aromatic rings. The summed E-state index contributed by atoms with van der Waals surface area (Å²) in [5, 5.41) is 17.4. The summed E-state index contributed by atoms with van der Waals surface area (Å²) in [6.45, 7) is 1.40. The van der Waals surface area contributed by atoms with Crippen LogP contribution in [0.3, 0.4) is 0 Å². The second-order valence-electron chi connectivity index (χ2n) is 8.50. The molecule has 202 valence electrons. The molecular formula is C27H25Cl2N5O5. The van der Waals surface area contributed by atoms with Gasteiger partial charge in [0, 0.05) is 16.5 Å². The van der Waals surface area contributed by atoms with Crippen molar-refractivity contribution in [2.45, 2.75) is 39.0 Å². The van der Waals surface area contributed by atoms with Crippen molar-refractivity contribution in [2.24, 2.45) is 0 Å². The van der Waals surface area contributed by atoms with E-state index in [9.17, 15) is 14.4 Å². The molecule has 0 aliphatic rings. The van der Waals surface area contributed by atoms with Crippen molar-refractivity contribution in [1.29, 1.82) is 0 Å². The second-order valence-corrected chi connectivity index (χ2v) is 9.31. The van der Waals surface area contributed by atoms with Crippen molar-refractivity contribution in [3.63, 3.8) is 0 Å². The highest BCUT2D eigenvalue weighted by atomic mass is 35.5. The first-order valence-corrected chi connectivity index (χ1v) is 12.9. The summed E-state index contributed by atoms with van der Waals surface area (Å²) < 4.78 is 10.3. The largest absolute Gasteiger partial charge is 0.466 e. The molecular weight excluding hydrogens is 545 g/mol. The predicted molar refractivity (Wildman–Crippen MR) is 144 cm³/mol. The molecule has 1 unspecified atom stereocenters. The minimum atomic E-state index is -1.23. The zero-order chi connectivity index (χ0) is 27.8. The van der Waals surface area contributed by atoms with Crippen molar-refractivity contribution >= 4 is 51.8 Å². The van der Waals surface area contributed by atoms with Gasteiger partial charge in [-0.25, -0.2) is 4.79 Å². The van der Waals surface area contributed by atoms with E-state index in [0.29, 0.717) is 21.4 Å². The van der Waals surface area contributed by atoms with Crippen LogP contribution in [0.5, 0.6) is 0 Å². The van der Waals surface area contributed by atoms with E-state index >= 15 is 0 Å². The second kappa shape index (κ2) is 13.2. The molecule has 0 spiro atoms. The molecule has 0 fully saturated rings. The van der Waals surface area contributed by atoms with Gasteiger partial charge < -0.3 is 14.8 Å². The van der Waals surface area contributed by atoms with Crippen LogP contribution in [0.25, 0.3) is 10.8 Å². The maximum atomic E-state index is 13.1. The van der Waals surface area contributed by atoms with Crippen molar-refractivity contribution in [3.8, 4) is 0 Å². The number of carbonyl (C=O) groups excluding carboxylic acids is 3. The highest BCUT2D eigenvalue weighted by Gasteiger charge is 2.26. The highest BCUT2D eigenvalue weighted by molar-refractivity contribution is 6.36. The minimum Gasteiger partial charge on any atom is -0.466 e. The minimum absolute atomic E-state index is 0.0217. The Morgan fingerprint density at radius 3 is 2.46 bits per heavy atom. The topological polar surface area (TPSA) is 125 Å². The lowest BCUT2D eigenvalue weighted by atomic mass is 10.1. The molecule has 0 saturated carbocycles. The molecule has 12 heteroatoms. The Labute approximate surface area is 234 Å². The van der Waals surface area contributed by atoms with Gasteiger partial charge in [-0.3, -0.25) is 9.59 Å². The fourth-order valence-electron chi connectivity index (χ4n) is 3.90. The molecule has 0 saturated heterocycles. The van der Waals surface area contributed by atoms with Crippen LogP contribution in [0.4, 0.5) is 4.79 Å². The predicted octanol–water partition coefficient (Wildman–Crippen LogP) is 4.54. The number of Topliss-reactive ketones (excluding diaryl/α,β-unsaturated/α-hetero) is 1. The molecule has 1 amide bonds. The van der Waals surface area contributed by atoms with Gasteiger partial charge in [0.1, 0.15) is 19.2 Å². The van der Waals surface area contributed by atoms with E-state index in [1.54, 1.807) is 25.1 Å². The van der Waals surface area contributed by atoms with Crippen LogP contribution in [0.2, 0.25) is 10.0 Å². The van der Waals surface area contributed by atoms with E-state index in [-0.39, 0.29) is 32.6 Å². The summed E-state index contributed by atoms with van der Waals surface area (Å²) >= 11 is 12.4. The van der Waals surface area contributed by atoms with Crippen LogP contribution < -0.4 is 5.32 Å². The molecule has 4 rings (SSSR count). The molecule has 0 aliphatic carbocycles. The average Bonchev–Trinajstić information content (AvgIpc) is 3.36. The Hall–Kier alpha value is -4.02. The first-order chi connectivity index (χ1) is 18.8. The van der Waals surface area contributed by atoms with E-state index in [4.69, 9.17) is 32.7 Å². The highest BCUT2D eigenvalue weighted by Crippen LogP contribution is 2.25. The Morgan fingerprint density at radius 1 is 0.974 bits per heavy atom. The molecule has 0 aliphatic heterocycles. The zero-order valence-electron chi connectivity index (χ0n) is 21.0. The fraction of sp³-hybridized carbons (Fsp3) is 0.259. The maximum absolute atomic E-state index is 13.1. The molecule has 10 nitrogen and oxygen atoms in total. The van der Waals surface area contributed by atoms with E-state index in [1.807, 2.05) is 42.5 Å². The number of tetrazole rings is 1. The number of benzene rings is 3. The molecule has 0 radical (unpaired) electrons. The van der Waals surface area contributed by atoms with Crippen molar-refractivity contribution < 1.29 is 23.9 Å². The number of rotatable bonds is 11. The number of alkyl carbamates (subject to hydrolysis) is 1. The van der Waals surface area contributed by atoms with E-state index < -0.39 is 23.9 Å². The Kier molecular flexibility index (Phi) is 9.45. The number of ketones is 1. The number of aromatic nitrogens is 4. The number of hydrogen-bond acceptors (Lipinski definition) is 8. The van der Waals surface area contributed by atoms with Gasteiger partial charge in [0.25, 0.3) is 0 Å². The van der Waals surface area contributed by atoms with Crippen LogP contribution in [-0.2, 0) is 38.6 Å². The Balaban J connectivity index is 1.41. The summed E-state index contributed by atoms with van der Waals surface area (Å²) in [6, 6.07) is 17.3. The SMILES string of the molecule is CCOC(=O)CC(NC(=O)OCc1cccc2ccccc12)C(=O)Cn1nnc(Cc2c(Cl)cccc2Cl)n1. The zero-order valence-corrected chi connectivity index (χ0v) is 22.5. The van der Waals surface area contributed by atoms with Gasteiger partial charge in [0.05, 0.1) is 13.0 Å². The third-order valence-corrected chi connectivity index (χ3v) is 6.49. The smallest absolute Gasteiger partial charge is 0.408 e. The number of halogens is 2. The Morgan fingerprint density at radius 2 is 1.69 bits per heavy atom. The summed E-state index contributed by atoms with van der Waals surface area (Å²) in [4.78, 5) is 38.9. The fourth-order valence-corrected chi connectivity index (χ4v) is 4.43. The van der Waals surface area contributed by atoms with Gasteiger partial charge in [0.15, 0.2) is 11.6 Å². The van der Waals surface area contributed by atoms with Crippen LogP contribution in [0.1, 0.15) is 30.3 Å². The van der Waals surface area contributed by atoms with Crippen LogP contribution in [0, 0.1) is 0 Å².